The Hall–Kier alpha value is -5.77. The van der Waals surface area contributed by atoms with Crippen LogP contribution in [0.5, 0.6) is 11.5 Å². The molecular weight excluding hydrogens is 687 g/mol. The number of hydrogen-bond acceptors (Lipinski definition) is 6. The maximum Gasteiger partial charge on any atom is 0.319 e. The van der Waals surface area contributed by atoms with Crippen LogP contribution in [0.3, 0.4) is 0 Å². The summed E-state index contributed by atoms with van der Waals surface area (Å²) in [5.41, 5.74) is 7.82. The molecule has 280 valence electrons. The van der Waals surface area contributed by atoms with Crippen molar-refractivity contribution in [2.75, 3.05) is 18.9 Å². The van der Waals surface area contributed by atoms with Crippen molar-refractivity contribution in [3.05, 3.63) is 186 Å². The fraction of sp³-hybridized carbons (Fsp3) is 0.213. The molecule has 0 saturated carbocycles. The predicted octanol–water partition coefficient (Wildman–Crippen LogP) is 10.2. The molecular formula is C47H47N3O5. The second-order valence-corrected chi connectivity index (χ2v) is 13.9. The molecule has 6 aromatic carbocycles. The highest BCUT2D eigenvalue weighted by molar-refractivity contribution is 5.89. The first kappa shape index (κ1) is 37.5. The van der Waals surface area contributed by atoms with Crippen LogP contribution in [0.1, 0.15) is 59.6 Å². The molecule has 0 bridgehead atoms. The number of carbonyl (C=O) groups is 1. The fourth-order valence-electron chi connectivity index (χ4n) is 6.86. The Kier molecular flexibility index (Phi) is 12.3. The molecule has 0 aliphatic carbocycles. The van der Waals surface area contributed by atoms with E-state index in [0.29, 0.717) is 24.4 Å². The maximum atomic E-state index is 12.9. The van der Waals surface area contributed by atoms with Crippen LogP contribution in [-0.2, 0) is 22.6 Å². The summed E-state index contributed by atoms with van der Waals surface area (Å²) in [5.74, 6) is 1.44. The predicted molar refractivity (Wildman–Crippen MR) is 217 cm³/mol. The molecule has 8 nitrogen and oxygen atoms in total. The molecule has 55 heavy (non-hydrogen) atoms. The van der Waals surface area contributed by atoms with Crippen LogP contribution in [-0.4, -0.2) is 35.7 Å². The van der Waals surface area contributed by atoms with Gasteiger partial charge in [-0.3, -0.25) is 4.90 Å². The van der Waals surface area contributed by atoms with Crippen molar-refractivity contribution >= 4 is 11.7 Å². The smallest absolute Gasteiger partial charge is 0.319 e. The molecule has 0 radical (unpaired) electrons. The summed E-state index contributed by atoms with van der Waals surface area (Å²) in [6.45, 7) is 3.31. The van der Waals surface area contributed by atoms with Crippen LogP contribution < -0.4 is 15.4 Å². The summed E-state index contributed by atoms with van der Waals surface area (Å²) < 4.78 is 19.2. The van der Waals surface area contributed by atoms with Gasteiger partial charge in [-0.2, -0.15) is 0 Å². The second-order valence-electron chi connectivity index (χ2n) is 13.9. The first-order valence-corrected chi connectivity index (χ1v) is 18.7. The minimum Gasteiger partial charge on any atom is -0.457 e. The summed E-state index contributed by atoms with van der Waals surface area (Å²) in [6.07, 6.45) is -0.0954. The van der Waals surface area contributed by atoms with Crippen LogP contribution in [0, 0.1) is 0 Å². The zero-order valence-corrected chi connectivity index (χ0v) is 31.2. The van der Waals surface area contributed by atoms with E-state index in [4.69, 9.17) is 14.2 Å². The third-order valence-electron chi connectivity index (χ3n) is 10.1. The first-order chi connectivity index (χ1) is 26.9. The topological polar surface area (TPSA) is 92.3 Å². The van der Waals surface area contributed by atoms with Crippen LogP contribution in [0.25, 0.3) is 11.1 Å². The van der Waals surface area contributed by atoms with Gasteiger partial charge in [-0.25, -0.2) is 4.79 Å². The molecule has 1 aliphatic rings. The van der Waals surface area contributed by atoms with Crippen LogP contribution in [0.4, 0.5) is 10.5 Å². The Morgan fingerprint density at radius 3 is 2.11 bits per heavy atom. The van der Waals surface area contributed by atoms with Crippen molar-refractivity contribution in [3.8, 4) is 22.6 Å². The Bertz CT molecular complexity index is 2110. The summed E-state index contributed by atoms with van der Waals surface area (Å²) >= 11 is 0. The number of hydrogen-bond donors (Lipinski definition) is 3. The highest BCUT2D eigenvalue weighted by Crippen LogP contribution is 2.39. The Morgan fingerprint density at radius 2 is 1.40 bits per heavy atom. The minimum atomic E-state index is -0.560. The van der Waals surface area contributed by atoms with E-state index in [1.807, 2.05) is 103 Å². The minimum absolute atomic E-state index is 0.00154. The molecule has 1 aliphatic heterocycles. The number of carbonyl (C=O) groups excluding carboxylic acids is 1. The number of amides is 2. The molecule has 3 N–H and O–H groups in total. The SMILES string of the molecule is CC(c1ccccc1)N(C)CC1CC(c2ccc(CO)cc2)OC(c2ccc(-c3ccccc3CNC(=O)Nc3ccc(Oc4ccccc4)cc3)cc2)O1. The molecule has 4 unspecified atom stereocenters. The lowest BCUT2D eigenvalue weighted by atomic mass is 9.97. The zero-order valence-electron chi connectivity index (χ0n) is 31.2. The average molecular weight is 734 g/mol. The molecule has 0 aromatic heterocycles. The van der Waals surface area contributed by atoms with Crippen molar-refractivity contribution in [3.63, 3.8) is 0 Å². The standard InChI is InChI=1S/C47H47N3O5/c1-33(35-11-5-3-6-12-35)50(2)31-43-29-45(37-19-17-34(32-51)18-20-37)55-46(54-43)38-23-21-36(22-24-38)44-16-10-9-13-39(44)30-48-47(52)49-40-25-27-42(28-26-40)53-41-14-7-4-8-15-41/h3-28,33,43,45-46,51H,29-32H2,1-2H3,(H2,48,49,52). The summed E-state index contributed by atoms with van der Waals surface area (Å²) in [4.78, 5) is 15.2. The highest BCUT2D eigenvalue weighted by atomic mass is 16.7. The van der Waals surface area contributed by atoms with Crippen LogP contribution in [0.2, 0.25) is 0 Å². The van der Waals surface area contributed by atoms with Gasteiger partial charge in [0.15, 0.2) is 6.29 Å². The van der Waals surface area contributed by atoms with E-state index in [2.05, 4.69) is 84.1 Å². The molecule has 0 spiro atoms. The third-order valence-corrected chi connectivity index (χ3v) is 10.1. The number of ether oxygens (including phenoxy) is 3. The summed E-state index contributed by atoms with van der Waals surface area (Å²) in [6, 6.07) is 51.6. The normalized spacial score (nSPS) is 17.3. The molecule has 6 aromatic rings. The average Bonchev–Trinajstić information content (AvgIpc) is 3.24. The van der Waals surface area contributed by atoms with E-state index in [-0.39, 0.29) is 30.9 Å². The van der Waals surface area contributed by atoms with E-state index < -0.39 is 6.29 Å². The van der Waals surface area contributed by atoms with Gasteiger partial charge in [0.1, 0.15) is 11.5 Å². The molecule has 1 fully saturated rings. The zero-order chi connectivity index (χ0) is 38.0. The van der Waals surface area contributed by atoms with Crippen molar-refractivity contribution in [2.45, 2.75) is 51.0 Å². The largest absolute Gasteiger partial charge is 0.457 e. The quantitative estimate of drug-likeness (QED) is 0.109. The van der Waals surface area contributed by atoms with E-state index in [1.54, 1.807) is 0 Å². The number of rotatable bonds is 13. The summed E-state index contributed by atoms with van der Waals surface area (Å²) in [7, 11) is 2.14. The van der Waals surface area contributed by atoms with Crippen molar-refractivity contribution in [1.29, 1.82) is 0 Å². The number of aliphatic hydroxyl groups excluding tert-OH is 1. The molecule has 1 saturated heterocycles. The highest BCUT2D eigenvalue weighted by Gasteiger charge is 2.33. The second kappa shape index (κ2) is 18.0. The Balaban J connectivity index is 1.01. The van der Waals surface area contributed by atoms with E-state index >= 15 is 0 Å². The van der Waals surface area contributed by atoms with E-state index in [9.17, 15) is 9.90 Å². The van der Waals surface area contributed by atoms with Crippen molar-refractivity contribution in [1.82, 2.24) is 10.2 Å². The number of nitrogens with one attached hydrogen (secondary N) is 2. The maximum absolute atomic E-state index is 12.9. The van der Waals surface area contributed by atoms with Gasteiger partial charge in [0.25, 0.3) is 0 Å². The van der Waals surface area contributed by atoms with Gasteiger partial charge in [-0.1, -0.05) is 121 Å². The number of anilines is 1. The Labute approximate surface area is 323 Å². The van der Waals surface area contributed by atoms with Crippen molar-refractivity contribution < 1.29 is 24.1 Å². The van der Waals surface area contributed by atoms with Gasteiger partial charge in [0.2, 0.25) is 0 Å². The van der Waals surface area contributed by atoms with Gasteiger partial charge in [-0.15, -0.1) is 0 Å². The number of aliphatic hydroxyl groups is 1. The van der Waals surface area contributed by atoms with E-state index in [0.717, 1.165) is 45.7 Å². The van der Waals surface area contributed by atoms with Gasteiger partial charge in [0.05, 0.1) is 18.8 Å². The fourth-order valence-corrected chi connectivity index (χ4v) is 6.86. The van der Waals surface area contributed by atoms with Crippen LogP contribution in [0.15, 0.2) is 158 Å². The first-order valence-electron chi connectivity index (χ1n) is 18.7. The van der Waals surface area contributed by atoms with Gasteiger partial charge in [-0.05, 0) is 83.8 Å². The molecule has 7 rings (SSSR count). The molecule has 1 heterocycles. The third kappa shape index (κ3) is 9.86. The number of para-hydroxylation sites is 1. The lowest BCUT2D eigenvalue weighted by molar-refractivity contribution is -0.253. The molecule has 2 amide bonds. The molecule has 8 heteroatoms. The van der Waals surface area contributed by atoms with Gasteiger partial charge < -0.3 is 30.0 Å². The lowest BCUT2D eigenvalue weighted by Gasteiger charge is -2.39. The lowest BCUT2D eigenvalue weighted by Crippen LogP contribution is -2.38. The monoisotopic (exact) mass is 733 g/mol. The summed E-state index contributed by atoms with van der Waals surface area (Å²) in [5, 5.41) is 15.5. The number of urea groups is 1. The van der Waals surface area contributed by atoms with Gasteiger partial charge in [0, 0.05) is 36.8 Å². The number of benzene rings is 6. The van der Waals surface area contributed by atoms with E-state index in [1.165, 1.54) is 5.56 Å². The molecule has 4 atom stereocenters. The number of likely N-dealkylation sites (N-methyl/N-ethyl adjacent to an activating group) is 1. The van der Waals surface area contributed by atoms with Crippen molar-refractivity contribution in [2.24, 2.45) is 0 Å². The Morgan fingerprint density at radius 1 is 0.764 bits per heavy atom. The number of nitrogens with zero attached hydrogens (tertiary/aromatic N) is 1. The van der Waals surface area contributed by atoms with Crippen LogP contribution >= 0.6 is 0 Å². The van der Waals surface area contributed by atoms with Gasteiger partial charge >= 0.3 is 6.03 Å².